The Morgan fingerprint density at radius 2 is 1.00 bits per heavy atom. The van der Waals surface area contributed by atoms with Gasteiger partial charge in [0.25, 0.3) is 0 Å². The molecule has 0 saturated carbocycles. The van der Waals surface area contributed by atoms with Gasteiger partial charge < -0.3 is 0 Å². The summed E-state index contributed by atoms with van der Waals surface area (Å²) in [5.41, 5.74) is 0. The van der Waals surface area contributed by atoms with Gasteiger partial charge in [-0.2, -0.15) is 0 Å². The van der Waals surface area contributed by atoms with Gasteiger partial charge in [-0.1, -0.05) is 0 Å². The van der Waals surface area contributed by atoms with Crippen molar-refractivity contribution in [2.45, 2.75) is 0 Å². The van der Waals surface area contributed by atoms with Crippen LogP contribution in [0.2, 0.25) is 0 Å². The molecule has 0 amide bonds. The fourth-order valence-corrected chi connectivity index (χ4v) is 0. The quantitative estimate of drug-likeness (QED) is 0.343. The SMILES string of the molecule is [Al].[CaH2].[MgH2].[Mn]. The Labute approximate surface area is 93.2 Å². The van der Waals surface area contributed by atoms with Crippen LogP contribution in [-0.4, -0.2) is 78.2 Å². The minimum absolute atomic E-state index is 0. The zero-order chi connectivity index (χ0) is 0. The molecule has 18 valence electrons. The third-order valence-electron chi connectivity index (χ3n) is 0. The molecule has 4 radical (unpaired) electrons. The topological polar surface area (TPSA) is 0 Å². The van der Waals surface area contributed by atoms with Gasteiger partial charge in [0.05, 0.1) is 0 Å². The van der Waals surface area contributed by atoms with E-state index in [1.807, 2.05) is 0 Å². The minimum Gasteiger partial charge on any atom is 0 e. The van der Waals surface area contributed by atoms with E-state index in [1.165, 1.54) is 0 Å². The van der Waals surface area contributed by atoms with E-state index in [9.17, 15) is 0 Å². The molecule has 0 aromatic carbocycles. The smallest absolute Gasteiger partial charge is 0 e. The molecule has 0 aromatic heterocycles. The minimum atomic E-state index is 0. The standard InChI is InChI=1S/Al.Ca.Mg.Mn.4H. The molecule has 4 heavy (non-hydrogen) atoms. The Balaban J connectivity index is 0. The van der Waals surface area contributed by atoms with E-state index < -0.39 is 0 Å². The fourth-order valence-electron chi connectivity index (χ4n) is 0. The van der Waals surface area contributed by atoms with Crippen LogP contribution in [0.3, 0.4) is 0 Å². The summed E-state index contributed by atoms with van der Waals surface area (Å²) in [6, 6.07) is 0. The van der Waals surface area contributed by atoms with E-state index in [-0.39, 0.29) is 95.2 Å². The number of rotatable bonds is 0. The molecule has 0 fully saturated rings. The van der Waals surface area contributed by atoms with Gasteiger partial charge in [-0.05, 0) is 0 Å². The summed E-state index contributed by atoms with van der Waals surface area (Å²) >= 11 is 0. The third-order valence-corrected chi connectivity index (χ3v) is 0. The molecule has 0 spiro atoms. The van der Waals surface area contributed by atoms with E-state index in [0.717, 1.165) is 0 Å². The molecule has 0 aliphatic rings. The Kier molecular flexibility index (Phi) is 114. The van der Waals surface area contributed by atoms with Gasteiger partial charge in [0.2, 0.25) is 0 Å². The maximum Gasteiger partial charge on any atom is 0.316 e. The summed E-state index contributed by atoms with van der Waals surface area (Å²) in [5, 5.41) is 0. The number of hydrogen-bond donors (Lipinski definition) is 0. The Bertz CT molecular complexity index is 8.00. The van der Waals surface area contributed by atoms with E-state index in [2.05, 4.69) is 0 Å². The molecule has 0 saturated heterocycles. The normalized spacial score (nSPS) is 0. The van der Waals surface area contributed by atoms with Gasteiger partial charge in [0.15, 0.2) is 0 Å². The maximum absolute atomic E-state index is 0. The third kappa shape index (κ3) is 8.91. The van der Waals surface area contributed by atoms with E-state index in [4.69, 9.17) is 0 Å². The average Bonchev–Trinajstić information content (AvgIpc) is 0. The van der Waals surface area contributed by atoms with Crippen molar-refractivity contribution in [1.82, 2.24) is 0 Å². The van der Waals surface area contributed by atoms with Gasteiger partial charge in [-0.25, -0.2) is 0 Å². The molecule has 0 rings (SSSR count). The summed E-state index contributed by atoms with van der Waals surface area (Å²) < 4.78 is 0. The molecule has 0 atom stereocenters. The first-order valence-corrected chi connectivity index (χ1v) is 0. The Hall–Kier alpha value is 3.08. The second-order valence-corrected chi connectivity index (χ2v) is 0. The van der Waals surface area contributed by atoms with Crippen molar-refractivity contribution >= 4 is 78.2 Å². The van der Waals surface area contributed by atoms with Crippen LogP contribution in [0.15, 0.2) is 0 Å². The molecular weight excluding hydrogens is 146 g/mol. The second kappa shape index (κ2) is 16.5. The van der Waals surface area contributed by atoms with Crippen LogP contribution < -0.4 is 0 Å². The molecule has 0 aromatic rings. The van der Waals surface area contributed by atoms with Crippen molar-refractivity contribution in [2.24, 2.45) is 0 Å². The molecule has 4 heteroatoms. The first kappa shape index (κ1) is 27.6. The largest absolute Gasteiger partial charge is 0.316 e. The van der Waals surface area contributed by atoms with E-state index >= 15 is 0 Å². The molecule has 0 nitrogen and oxygen atoms in total. The fraction of sp³-hybridized carbons (Fsp3) is 0. The zero-order valence-electron chi connectivity index (χ0n) is 0.955. The molecular formula is H4AlCaMgMn. The predicted molar refractivity (Wildman–Crippen MR) is 22.8 cm³/mol. The van der Waals surface area contributed by atoms with Crippen LogP contribution in [-0.2, 0) is 17.1 Å². The molecule has 0 aliphatic carbocycles. The molecule has 0 bridgehead atoms. The van der Waals surface area contributed by atoms with Gasteiger partial charge in [-0.15, -0.1) is 0 Å². The van der Waals surface area contributed by atoms with Crippen LogP contribution in [0.4, 0.5) is 0 Å². The van der Waals surface area contributed by atoms with Gasteiger partial charge in [-0.3, -0.25) is 0 Å². The summed E-state index contributed by atoms with van der Waals surface area (Å²) in [4.78, 5) is 0. The summed E-state index contributed by atoms with van der Waals surface area (Å²) in [6.07, 6.45) is 0. The van der Waals surface area contributed by atoms with Gasteiger partial charge >= 0.3 is 60.8 Å². The van der Waals surface area contributed by atoms with E-state index in [0.29, 0.717) is 0 Å². The molecule has 0 heterocycles. The van der Waals surface area contributed by atoms with E-state index in [1.54, 1.807) is 0 Å². The van der Waals surface area contributed by atoms with Crippen molar-refractivity contribution in [3.8, 4) is 0 Å². The van der Waals surface area contributed by atoms with Gasteiger partial charge in [0.1, 0.15) is 0 Å². The second-order valence-electron chi connectivity index (χ2n) is 0. The predicted octanol–water partition coefficient (Wildman–Crippen LogP) is -2.22. The molecule has 0 aliphatic heterocycles. The van der Waals surface area contributed by atoms with Crippen molar-refractivity contribution in [3.63, 3.8) is 0 Å². The van der Waals surface area contributed by atoms with Crippen LogP contribution in [0.25, 0.3) is 0 Å². The number of hydrogen-bond acceptors (Lipinski definition) is 0. The van der Waals surface area contributed by atoms with Crippen LogP contribution >= 0.6 is 0 Å². The average molecular weight is 150 g/mol. The van der Waals surface area contributed by atoms with Crippen molar-refractivity contribution in [1.29, 1.82) is 0 Å². The van der Waals surface area contributed by atoms with Crippen LogP contribution in [0, 0.1) is 0 Å². The van der Waals surface area contributed by atoms with Crippen LogP contribution in [0.5, 0.6) is 0 Å². The van der Waals surface area contributed by atoms with Crippen molar-refractivity contribution in [2.75, 3.05) is 0 Å². The first-order valence-electron chi connectivity index (χ1n) is 0. The Morgan fingerprint density at radius 3 is 1.00 bits per heavy atom. The zero-order valence-corrected chi connectivity index (χ0v) is 3.29. The van der Waals surface area contributed by atoms with Crippen molar-refractivity contribution < 1.29 is 17.1 Å². The first-order chi connectivity index (χ1) is 0. The summed E-state index contributed by atoms with van der Waals surface area (Å²) in [6.45, 7) is 0. The Morgan fingerprint density at radius 1 is 1.00 bits per heavy atom. The molecule has 0 unspecified atom stereocenters. The van der Waals surface area contributed by atoms with Crippen LogP contribution in [0.1, 0.15) is 0 Å². The molecule has 0 N–H and O–H groups in total. The van der Waals surface area contributed by atoms with Crippen molar-refractivity contribution in [3.05, 3.63) is 0 Å². The summed E-state index contributed by atoms with van der Waals surface area (Å²) in [5.74, 6) is 0. The summed E-state index contributed by atoms with van der Waals surface area (Å²) in [7, 11) is 0. The van der Waals surface area contributed by atoms with Gasteiger partial charge in [0, 0.05) is 34.4 Å². The maximum atomic E-state index is 0. The monoisotopic (exact) mass is 150 g/mol.